The molecule has 6 heteroatoms. The molecule has 0 rings (SSSR count). The van der Waals surface area contributed by atoms with Crippen molar-refractivity contribution in [2.75, 3.05) is 7.05 Å². The minimum Gasteiger partial charge on any atom is -0.483 e. The Labute approximate surface area is 52.6 Å². The lowest BCUT2D eigenvalue weighted by Crippen LogP contribution is -2.18. The molecule has 56 valence electrons. The zero-order chi connectivity index (χ0) is 8.28. The van der Waals surface area contributed by atoms with Gasteiger partial charge in [0.05, 0.1) is 0 Å². The summed E-state index contributed by atoms with van der Waals surface area (Å²) in [6, 6.07) is -0.833. The van der Waals surface area contributed by atoms with E-state index in [1.165, 1.54) is 7.05 Å². The van der Waals surface area contributed by atoms with Crippen LogP contribution in [0.4, 0.5) is 4.79 Å². The first-order valence-electron chi connectivity index (χ1n) is 1.85. The number of hydrogen-bond donors (Lipinski definition) is 4. The lowest BCUT2D eigenvalue weighted by molar-refractivity contribution is -0.122. The van der Waals surface area contributed by atoms with E-state index in [-0.39, 0.29) is 6.47 Å². The molecule has 0 saturated carbocycles. The van der Waals surface area contributed by atoms with Gasteiger partial charge in [-0.3, -0.25) is 4.79 Å². The van der Waals surface area contributed by atoms with Gasteiger partial charge in [0.1, 0.15) is 0 Å². The maximum atomic E-state index is 9.00. The van der Waals surface area contributed by atoms with E-state index in [9.17, 15) is 0 Å². The molecular formula is C3H11N3O3. The van der Waals surface area contributed by atoms with E-state index in [1.54, 1.807) is 0 Å². The van der Waals surface area contributed by atoms with Crippen LogP contribution in [0, 0.1) is 0 Å². The molecule has 9 heavy (non-hydrogen) atoms. The Hall–Kier alpha value is -1.30. The lowest BCUT2D eigenvalue weighted by Gasteiger charge is -1.62. The van der Waals surface area contributed by atoms with Crippen LogP contribution in [-0.4, -0.2) is 24.7 Å². The monoisotopic (exact) mass is 137 g/mol. The average Bonchev–Trinajstić information content (AvgIpc) is 1.71. The molecule has 0 radical (unpaired) electrons. The third kappa shape index (κ3) is 87.6. The van der Waals surface area contributed by atoms with E-state index in [0.29, 0.717) is 0 Å². The van der Waals surface area contributed by atoms with Crippen molar-refractivity contribution in [3.63, 3.8) is 0 Å². The Morgan fingerprint density at radius 3 is 1.44 bits per heavy atom. The molecule has 0 atom stereocenters. The average molecular weight is 137 g/mol. The molecule has 0 aliphatic rings. The summed E-state index contributed by atoms with van der Waals surface area (Å²) in [5, 5.41) is 6.89. The normalized spacial score (nSPS) is 4.67. The Morgan fingerprint density at radius 1 is 1.44 bits per heavy atom. The van der Waals surface area contributed by atoms with E-state index in [0.717, 1.165) is 0 Å². The molecular weight excluding hydrogens is 126 g/mol. The highest BCUT2D eigenvalue weighted by Crippen LogP contribution is 1.25. The van der Waals surface area contributed by atoms with Crippen LogP contribution >= 0.6 is 0 Å². The van der Waals surface area contributed by atoms with E-state index in [1.807, 2.05) is 0 Å². The maximum Gasteiger partial charge on any atom is 0.309 e. The van der Waals surface area contributed by atoms with Gasteiger partial charge in [-0.25, -0.2) is 4.79 Å². The molecule has 0 saturated heterocycles. The van der Waals surface area contributed by atoms with Crippen LogP contribution in [0.5, 0.6) is 0 Å². The highest BCUT2D eigenvalue weighted by Gasteiger charge is 1.60. The minimum atomic E-state index is -0.833. The number of rotatable bonds is 0. The van der Waals surface area contributed by atoms with Gasteiger partial charge < -0.3 is 22.3 Å². The topological polar surface area (TPSA) is 132 Å². The lowest BCUT2D eigenvalue weighted by atomic mass is 11.2. The Kier molecular flexibility index (Phi) is 51.9. The fourth-order valence-corrected chi connectivity index (χ4v) is 0. The number of amides is 2. The van der Waals surface area contributed by atoms with Gasteiger partial charge in [0.2, 0.25) is 0 Å². The number of carbonyl (C=O) groups excluding carboxylic acids is 1. The molecule has 0 bridgehead atoms. The standard InChI is InChI=1S/CH4N2O.CH5N.CH2O2/c2-1(3)4;1-2;2-1-3/h(H4,2,3,4);2H2,1H3;1H,(H,2,3). The molecule has 0 aromatic heterocycles. The van der Waals surface area contributed by atoms with E-state index in [2.05, 4.69) is 17.2 Å². The van der Waals surface area contributed by atoms with Crippen molar-refractivity contribution >= 4 is 12.5 Å². The van der Waals surface area contributed by atoms with Crippen LogP contribution in [0.3, 0.4) is 0 Å². The van der Waals surface area contributed by atoms with Crippen LogP contribution in [0.15, 0.2) is 0 Å². The number of hydrogen-bond acceptors (Lipinski definition) is 3. The summed E-state index contributed by atoms with van der Waals surface area (Å²) in [6.45, 7) is -0.250. The predicted molar refractivity (Wildman–Crippen MR) is 32.6 cm³/mol. The van der Waals surface area contributed by atoms with Crippen LogP contribution < -0.4 is 17.2 Å². The molecule has 7 N–H and O–H groups in total. The largest absolute Gasteiger partial charge is 0.483 e. The molecule has 0 spiro atoms. The van der Waals surface area contributed by atoms with E-state index >= 15 is 0 Å². The van der Waals surface area contributed by atoms with Crippen molar-refractivity contribution in [3.8, 4) is 0 Å². The Bertz CT molecular complexity index is 61.3. The summed E-state index contributed by atoms with van der Waals surface area (Å²) in [6.07, 6.45) is 0. The summed E-state index contributed by atoms with van der Waals surface area (Å²) in [4.78, 5) is 17.4. The third-order valence-corrected chi connectivity index (χ3v) is 0. The first kappa shape index (κ1) is 15.6. The Balaban J connectivity index is -0.0000000646. The van der Waals surface area contributed by atoms with Gasteiger partial charge in [0.25, 0.3) is 6.47 Å². The van der Waals surface area contributed by atoms with E-state index in [4.69, 9.17) is 14.7 Å². The number of primary amides is 2. The van der Waals surface area contributed by atoms with Crippen molar-refractivity contribution in [1.29, 1.82) is 0 Å². The zero-order valence-electron chi connectivity index (χ0n) is 5.07. The van der Waals surface area contributed by atoms with Crippen LogP contribution in [-0.2, 0) is 4.79 Å². The molecule has 0 aliphatic heterocycles. The van der Waals surface area contributed by atoms with Crippen LogP contribution in [0.25, 0.3) is 0 Å². The van der Waals surface area contributed by atoms with Gasteiger partial charge in [-0.1, -0.05) is 0 Å². The highest BCUT2D eigenvalue weighted by atomic mass is 16.3. The number of carbonyl (C=O) groups is 2. The summed E-state index contributed by atoms with van der Waals surface area (Å²) in [5.41, 5.74) is 13.0. The van der Waals surface area contributed by atoms with Crippen molar-refractivity contribution in [2.24, 2.45) is 17.2 Å². The van der Waals surface area contributed by atoms with Crippen molar-refractivity contribution < 1.29 is 14.7 Å². The Morgan fingerprint density at radius 2 is 1.44 bits per heavy atom. The molecule has 6 nitrogen and oxygen atoms in total. The molecule has 2 amide bonds. The summed E-state index contributed by atoms with van der Waals surface area (Å²) in [5.74, 6) is 0. The molecule has 0 aromatic carbocycles. The first-order valence-corrected chi connectivity index (χ1v) is 1.85. The quantitative estimate of drug-likeness (QED) is 0.296. The molecule has 0 heterocycles. The van der Waals surface area contributed by atoms with Gasteiger partial charge in [0, 0.05) is 0 Å². The predicted octanol–water partition coefficient (Wildman–Crippen LogP) is -1.70. The number of carboxylic acid groups (broad SMARTS) is 1. The second-order valence-electron chi connectivity index (χ2n) is 0.508. The third-order valence-electron chi connectivity index (χ3n) is 0. The fourth-order valence-electron chi connectivity index (χ4n) is 0. The summed E-state index contributed by atoms with van der Waals surface area (Å²) < 4.78 is 0. The van der Waals surface area contributed by atoms with Gasteiger partial charge in [0.15, 0.2) is 0 Å². The maximum absolute atomic E-state index is 9.00. The number of urea groups is 1. The summed E-state index contributed by atoms with van der Waals surface area (Å²) >= 11 is 0. The first-order chi connectivity index (χ1) is 4.15. The SMILES string of the molecule is CN.NC(N)=O.O=CO. The van der Waals surface area contributed by atoms with E-state index < -0.39 is 6.03 Å². The second-order valence-corrected chi connectivity index (χ2v) is 0.508. The smallest absolute Gasteiger partial charge is 0.309 e. The van der Waals surface area contributed by atoms with Crippen molar-refractivity contribution in [3.05, 3.63) is 0 Å². The van der Waals surface area contributed by atoms with Gasteiger partial charge >= 0.3 is 6.03 Å². The second kappa shape index (κ2) is 29.9. The van der Waals surface area contributed by atoms with Gasteiger partial charge in [-0.15, -0.1) is 0 Å². The highest BCUT2D eigenvalue weighted by molar-refractivity contribution is 5.69. The minimum absolute atomic E-state index is 0.250. The van der Waals surface area contributed by atoms with Crippen molar-refractivity contribution in [1.82, 2.24) is 0 Å². The number of nitrogens with two attached hydrogens (primary N) is 3. The van der Waals surface area contributed by atoms with Gasteiger partial charge in [-0.05, 0) is 7.05 Å². The van der Waals surface area contributed by atoms with Gasteiger partial charge in [-0.2, -0.15) is 0 Å². The van der Waals surface area contributed by atoms with Crippen LogP contribution in [0.2, 0.25) is 0 Å². The molecule has 0 aromatic rings. The molecule has 0 aliphatic carbocycles. The molecule has 0 unspecified atom stereocenters. The summed E-state index contributed by atoms with van der Waals surface area (Å²) in [7, 11) is 1.50. The molecule has 0 fully saturated rings. The van der Waals surface area contributed by atoms with Crippen LogP contribution in [0.1, 0.15) is 0 Å². The zero-order valence-corrected chi connectivity index (χ0v) is 5.07. The fraction of sp³-hybridized carbons (Fsp3) is 0.333. The van der Waals surface area contributed by atoms with Crippen molar-refractivity contribution in [2.45, 2.75) is 0 Å².